The summed E-state index contributed by atoms with van der Waals surface area (Å²) in [5, 5.41) is 6.56. The van der Waals surface area contributed by atoms with Crippen molar-refractivity contribution in [3.05, 3.63) is 45.8 Å². The molecule has 0 saturated heterocycles. The van der Waals surface area contributed by atoms with Gasteiger partial charge in [-0.15, -0.1) is 0 Å². The lowest BCUT2D eigenvalue weighted by Crippen LogP contribution is -2.30. The Kier molecular flexibility index (Phi) is 3.33. The van der Waals surface area contributed by atoms with Crippen LogP contribution in [0.4, 0.5) is 5.82 Å². The summed E-state index contributed by atoms with van der Waals surface area (Å²) in [4.78, 5) is 21.4. The van der Waals surface area contributed by atoms with E-state index in [9.17, 15) is 4.79 Å². The van der Waals surface area contributed by atoms with Crippen LogP contribution in [0.5, 0.6) is 0 Å². The van der Waals surface area contributed by atoms with Gasteiger partial charge >= 0.3 is 5.69 Å². The molecule has 0 atom stereocenters. The van der Waals surface area contributed by atoms with Gasteiger partial charge in [0.2, 0.25) is 0 Å². The summed E-state index contributed by atoms with van der Waals surface area (Å²) in [6.45, 7) is 2.42. The zero-order valence-corrected chi connectivity index (χ0v) is 10.6. The van der Waals surface area contributed by atoms with Crippen LogP contribution in [0.1, 0.15) is 16.8 Å². The Hall–Kier alpha value is -2.08. The van der Waals surface area contributed by atoms with Crippen molar-refractivity contribution in [1.29, 1.82) is 0 Å². The predicted molar refractivity (Wildman–Crippen MR) is 73.3 cm³/mol. The number of nitrogens with zero attached hydrogens (tertiary/aromatic N) is 1. The molecule has 100 valence electrons. The molecule has 19 heavy (non-hydrogen) atoms. The first-order valence-corrected chi connectivity index (χ1v) is 6.51. The molecule has 2 aromatic rings. The second-order valence-electron chi connectivity index (χ2n) is 4.67. The van der Waals surface area contributed by atoms with Gasteiger partial charge in [-0.05, 0) is 18.1 Å². The molecule has 0 spiro atoms. The summed E-state index contributed by atoms with van der Waals surface area (Å²) < 4.78 is 0. The van der Waals surface area contributed by atoms with E-state index in [-0.39, 0.29) is 5.69 Å². The summed E-state index contributed by atoms with van der Waals surface area (Å²) in [5.41, 5.74) is 3.05. The number of rotatable bonds is 4. The number of aromatic nitrogens is 3. The number of nitrogens with one attached hydrogen (secondary N) is 4. The molecule has 0 bridgehead atoms. The maximum absolute atomic E-state index is 11.5. The maximum atomic E-state index is 11.5. The van der Waals surface area contributed by atoms with Crippen LogP contribution in [0.25, 0.3) is 0 Å². The molecule has 0 fully saturated rings. The molecule has 0 unspecified atom stereocenters. The van der Waals surface area contributed by atoms with Crippen LogP contribution in [0.15, 0.2) is 23.3 Å². The van der Waals surface area contributed by atoms with E-state index in [1.807, 2.05) is 18.5 Å². The third-order valence-electron chi connectivity index (χ3n) is 3.34. The lowest BCUT2D eigenvalue weighted by atomic mass is 10.1. The highest BCUT2D eigenvalue weighted by molar-refractivity contribution is 5.46. The van der Waals surface area contributed by atoms with Crippen molar-refractivity contribution in [1.82, 2.24) is 20.3 Å². The van der Waals surface area contributed by atoms with Crippen molar-refractivity contribution < 1.29 is 0 Å². The molecule has 0 aromatic carbocycles. The van der Waals surface area contributed by atoms with Gasteiger partial charge in [0.05, 0.1) is 0 Å². The molecule has 1 aliphatic rings. The Morgan fingerprint density at radius 2 is 2.37 bits per heavy atom. The van der Waals surface area contributed by atoms with E-state index in [1.54, 1.807) is 0 Å². The molecule has 6 nitrogen and oxygen atoms in total. The molecule has 0 aliphatic carbocycles. The van der Waals surface area contributed by atoms with Crippen LogP contribution < -0.4 is 16.3 Å². The first kappa shape index (κ1) is 12.0. The Labute approximate surface area is 110 Å². The molecule has 1 aliphatic heterocycles. The molecular weight excluding hydrogens is 242 g/mol. The van der Waals surface area contributed by atoms with Crippen molar-refractivity contribution >= 4 is 5.82 Å². The first-order chi connectivity index (χ1) is 9.33. The summed E-state index contributed by atoms with van der Waals surface area (Å²) in [6, 6.07) is 2.05. The Morgan fingerprint density at radius 3 is 3.21 bits per heavy atom. The molecule has 3 heterocycles. The largest absolute Gasteiger partial charge is 0.369 e. The number of hydrogen-bond donors (Lipinski definition) is 4. The van der Waals surface area contributed by atoms with Crippen LogP contribution in [-0.4, -0.2) is 28.0 Å². The molecule has 0 amide bonds. The van der Waals surface area contributed by atoms with Gasteiger partial charge in [-0.25, -0.2) is 4.79 Å². The second kappa shape index (κ2) is 5.27. The fraction of sp³-hybridized carbons (Fsp3) is 0.385. The van der Waals surface area contributed by atoms with Gasteiger partial charge in [0.1, 0.15) is 5.82 Å². The molecule has 3 rings (SSSR count). The monoisotopic (exact) mass is 259 g/mol. The lowest BCUT2D eigenvalue weighted by Gasteiger charge is -2.19. The highest BCUT2D eigenvalue weighted by Gasteiger charge is 2.15. The lowest BCUT2D eigenvalue weighted by molar-refractivity contribution is 0.623. The quantitative estimate of drug-likeness (QED) is 0.640. The smallest absolute Gasteiger partial charge is 0.347 e. The van der Waals surface area contributed by atoms with Gasteiger partial charge in [-0.1, -0.05) is 0 Å². The minimum atomic E-state index is -0.273. The molecule has 4 N–H and O–H groups in total. The second-order valence-corrected chi connectivity index (χ2v) is 4.67. The van der Waals surface area contributed by atoms with E-state index in [1.165, 1.54) is 5.56 Å². The minimum Gasteiger partial charge on any atom is -0.369 e. The fourth-order valence-corrected chi connectivity index (χ4v) is 2.36. The van der Waals surface area contributed by atoms with Crippen LogP contribution in [0.2, 0.25) is 0 Å². The first-order valence-electron chi connectivity index (χ1n) is 6.51. The Balaban J connectivity index is 1.73. The average Bonchev–Trinajstić information content (AvgIpc) is 2.91. The number of anilines is 1. The van der Waals surface area contributed by atoms with E-state index in [0.29, 0.717) is 5.82 Å². The molecule has 0 saturated carbocycles. The SMILES string of the molecule is O=c1nc(NCCc2cc[nH]c2)c2c([nH]1)CCNC2. The third-order valence-corrected chi connectivity index (χ3v) is 3.34. The average molecular weight is 259 g/mol. The molecule has 6 heteroatoms. The van der Waals surface area contributed by atoms with Crippen molar-refractivity contribution in [2.75, 3.05) is 18.4 Å². The van der Waals surface area contributed by atoms with Crippen LogP contribution in [0, 0.1) is 0 Å². The Morgan fingerprint density at radius 1 is 1.42 bits per heavy atom. The molecular formula is C13H17N5O. The van der Waals surface area contributed by atoms with E-state index in [2.05, 4.69) is 25.6 Å². The number of H-pyrrole nitrogens is 2. The van der Waals surface area contributed by atoms with Crippen LogP contribution >= 0.6 is 0 Å². The standard InChI is InChI=1S/C13H17N5O/c19-13-17-11-3-5-15-8-10(11)12(18-13)16-6-2-9-1-4-14-7-9/h1,4,7,14-15H,2-3,5-6,8H2,(H2,16,17,18,19). The van der Waals surface area contributed by atoms with E-state index in [4.69, 9.17) is 0 Å². The van der Waals surface area contributed by atoms with Gasteiger partial charge in [0, 0.05) is 49.7 Å². The molecule has 2 aromatic heterocycles. The van der Waals surface area contributed by atoms with Crippen molar-refractivity contribution in [2.24, 2.45) is 0 Å². The van der Waals surface area contributed by atoms with Crippen molar-refractivity contribution in [2.45, 2.75) is 19.4 Å². The van der Waals surface area contributed by atoms with Gasteiger partial charge in [-0.3, -0.25) is 0 Å². The van der Waals surface area contributed by atoms with Gasteiger partial charge < -0.3 is 20.6 Å². The number of aromatic amines is 2. The maximum Gasteiger partial charge on any atom is 0.347 e. The number of hydrogen-bond acceptors (Lipinski definition) is 4. The summed E-state index contributed by atoms with van der Waals surface area (Å²) in [7, 11) is 0. The van der Waals surface area contributed by atoms with Crippen LogP contribution in [-0.2, 0) is 19.4 Å². The van der Waals surface area contributed by atoms with E-state index in [0.717, 1.165) is 43.7 Å². The van der Waals surface area contributed by atoms with Gasteiger partial charge in [0.25, 0.3) is 0 Å². The predicted octanol–water partition coefficient (Wildman–Crippen LogP) is 0.398. The normalized spacial score (nSPS) is 14.1. The Bertz CT molecular complexity index is 602. The third kappa shape index (κ3) is 2.68. The van der Waals surface area contributed by atoms with Crippen molar-refractivity contribution in [3.63, 3.8) is 0 Å². The fourth-order valence-electron chi connectivity index (χ4n) is 2.36. The highest BCUT2D eigenvalue weighted by Crippen LogP contribution is 2.17. The minimum absolute atomic E-state index is 0.273. The summed E-state index contributed by atoms with van der Waals surface area (Å²) in [5.74, 6) is 0.710. The zero-order valence-electron chi connectivity index (χ0n) is 10.6. The van der Waals surface area contributed by atoms with Gasteiger partial charge in [0.15, 0.2) is 0 Å². The molecule has 0 radical (unpaired) electrons. The van der Waals surface area contributed by atoms with Gasteiger partial charge in [-0.2, -0.15) is 4.98 Å². The topological polar surface area (TPSA) is 85.6 Å². The summed E-state index contributed by atoms with van der Waals surface area (Å²) >= 11 is 0. The van der Waals surface area contributed by atoms with Crippen LogP contribution in [0.3, 0.4) is 0 Å². The van der Waals surface area contributed by atoms with E-state index >= 15 is 0 Å². The van der Waals surface area contributed by atoms with Crippen molar-refractivity contribution in [3.8, 4) is 0 Å². The number of fused-ring (bicyclic) bond motifs is 1. The highest BCUT2D eigenvalue weighted by atomic mass is 16.1. The van der Waals surface area contributed by atoms with E-state index < -0.39 is 0 Å². The summed E-state index contributed by atoms with van der Waals surface area (Å²) in [6.07, 6.45) is 5.64. The zero-order chi connectivity index (χ0) is 13.1.